The van der Waals surface area contributed by atoms with E-state index in [1.54, 1.807) is 26.4 Å². The van der Waals surface area contributed by atoms with Gasteiger partial charge < -0.3 is 19.0 Å². The molecule has 0 fully saturated rings. The van der Waals surface area contributed by atoms with Crippen LogP contribution in [0.2, 0.25) is 0 Å². The number of nitrogens with one attached hydrogen (secondary N) is 1. The lowest BCUT2D eigenvalue weighted by Crippen LogP contribution is -2.22. The number of methoxy groups -OCH3 is 1. The Balaban J connectivity index is 1.54. The highest BCUT2D eigenvalue weighted by Crippen LogP contribution is 2.24. The zero-order valence-electron chi connectivity index (χ0n) is 14.7. The first-order valence-electron chi connectivity index (χ1n) is 8.00. The van der Waals surface area contributed by atoms with E-state index in [-0.39, 0.29) is 11.2 Å². The van der Waals surface area contributed by atoms with Gasteiger partial charge in [0.15, 0.2) is 5.82 Å². The van der Waals surface area contributed by atoms with Crippen LogP contribution in [0.4, 0.5) is 5.82 Å². The molecule has 8 heteroatoms. The number of aryl methyl sites for hydroxylation is 1. The molecule has 1 atom stereocenters. The number of thioether (sulfide) groups is 1. The fraction of sp³-hybridized carbons (Fsp3) is 0.278. The van der Waals surface area contributed by atoms with Crippen LogP contribution in [0.1, 0.15) is 18.4 Å². The van der Waals surface area contributed by atoms with Crippen LogP contribution in [-0.2, 0) is 10.5 Å². The molecule has 2 aromatic heterocycles. The third kappa shape index (κ3) is 4.45. The van der Waals surface area contributed by atoms with Crippen molar-refractivity contribution < 1.29 is 18.5 Å². The van der Waals surface area contributed by atoms with Crippen molar-refractivity contribution in [3.05, 3.63) is 48.0 Å². The summed E-state index contributed by atoms with van der Waals surface area (Å²) in [6, 6.07) is 9.15. The number of carbonyl (C=O) groups is 1. The maximum Gasteiger partial charge on any atom is 0.238 e. The second kappa shape index (κ2) is 8.09. The monoisotopic (exact) mass is 373 g/mol. The first-order chi connectivity index (χ1) is 12.5. The summed E-state index contributed by atoms with van der Waals surface area (Å²) in [4.78, 5) is 16.6. The molecule has 1 amide bonds. The minimum absolute atomic E-state index is 0.137. The number of anilines is 1. The Morgan fingerprint density at radius 2 is 2.12 bits per heavy atom. The van der Waals surface area contributed by atoms with E-state index in [1.165, 1.54) is 11.8 Å². The Bertz CT molecular complexity index is 873. The van der Waals surface area contributed by atoms with Gasteiger partial charge in [0.1, 0.15) is 17.8 Å². The van der Waals surface area contributed by atoms with Gasteiger partial charge in [0, 0.05) is 17.4 Å². The van der Waals surface area contributed by atoms with Gasteiger partial charge in [-0.25, -0.2) is 4.98 Å². The highest BCUT2D eigenvalue weighted by Gasteiger charge is 2.16. The molecule has 0 radical (unpaired) electrons. The largest absolute Gasteiger partial charge is 0.497 e. The minimum atomic E-state index is -0.270. The molecule has 136 valence electrons. The first kappa shape index (κ1) is 18.1. The molecule has 1 aromatic carbocycles. The van der Waals surface area contributed by atoms with E-state index in [0.29, 0.717) is 23.2 Å². The molecule has 3 aromatic rings. The van der Waals surface area contributed by atoms with Gasteiger partial charge in [0.2, 0.25) is 11.8 Å². The van der Waals surface area contributed by atoms with Crippen molar-refractivity contribution in [2.45, 2.75) is 24.9 Å². The van der Waals surface area contributed by atoms with E-state index >= 15 is 0 Å². The average Bonchev–Trinajstić information content (AvgIpc) is 3.28. The summed E-state index contributed by atoms with van der Waals surface area (Å²) in [6.07, 6.45) is 1.61. The summed E-state index contributed by atoms with van der Waals surface area (Å²) >= 11 is 1.47. The highest BCUT2D eigenvalue weighted by molar-refractivity contribution is 7.99. The van der Waals surface area contributed by atoms with E-state index in [4.69, 9.17) is 13.7 Å². The van der Waals surface area contributed by atoms with E-state index < -0.39 is 0 Å². The predicted octanol–water partition coefficient (Wildman–Crippen LogP) is 3.91. The zero-order chi connectivity index (χ0) is 18.5. The highest BCUT2D eigenvalue weighted by atomic mass is 32.2. The van der Waals surface area contributed by atoms with Crippen molar-refractivity contribution in [1.29, 1.82) is 0 Å². The van der Waals surface area contributed by atoms with Crippen LogP contribution in [0.3, 0.4) is 0 Å². The fourth-order valence-electron chi connectivity index (χ4n) is 2.18. The zero-order valence-corrected chi connectivity index (χ0v) is 15.5. The Morgan fingerprint density at radius 3 is 2.77 bits per heavy atom. The smallest absolute Gasteiger partial charge is 0.238 e. The number of carbonyl (C=O) groups excluding carboxylic acids is 1. The van der Waals surface area contributed by atoms with Crippen molar-refractivity contribution in [2.75, 3.05) is 12.4 Å². The maximum absolute atomic E-state index is 12.2. The van der Waals surface area contributed by atoms with Gasteiger partial charge in [0.05, 0.1) is 18.1 Å². The molecule has 0 spiro atoms. The van der Waals surface area contributed by atoms with Crippen molar-refractivity contribution in [2.24, 2.45) is 0 Å². The number of ether oxygens (including phenoxy) is 1. The fourth-order valence-corrected chi connectivity index (χ4v) is 2.94. The van der Waals surface area contributed by atoms with Gasteiger partial charge in [-0.3, -0.25) is 4.79 Å². The number of nitrogens with zero attached hydrogens (tertiary/aromatic N) is 2. The van der Waals surface area contributed by atoms with E-state index in [2.05, 4.69) is 15.5 Å². The minimum Gasteiger partial charge on any atom is -0.497 e. The van der Waals surface area contributed by atoms with Crippen LogP contribution in [-0.4, -0.2) is 28.4 Å². The van der Waals surface area contributed by atoms with E-state index in [1.807, 2.05) is 31.2 Å². The van der Waals surface area contributed by atoms with Crippen molar-refractivity contribution in [1.82, 2.24) is 10.1 Å². The molecular weight excluding hydrogens is 354 g/mol. The van der Waals surface area contributed by atoms with E-state index in [0.717, 1.165) is 17.0 Å². The van der Waals surface area contributed by atoms with Crippen LogP contribution in [0.5, 0.6) is 5.75 Å². The normalized spacial score (nSPS) is 12.0. The molecular formula is C18H19N3O4S. The van der Waals surface area contributed by atoms with Gasteiger partial charge in [-0.05, 0) is 38.1 Å². The molecule has 0 bridgehead atoms. The van der Waals surface area contributed by atoms with Crippen LogP contribution >= 0.6 is 11.8 Å². The summed E-state index contributed by atoms with van der Waals surface area (Å²) in [5.74, 6) is 2.81. The van der Waals surface area contributed by atoms with Crippen molar-refractivity contribution in [3.8, 4) is 17.2 Å². The number of aromatic nitrogens is 2. The maximum atomic E-state index is 12.2. The third-order valence-corrected chi connectivity index (χ3v) is 4.79. The molecule has 3 rings (SSSR count). The van der Waals surface area contributed by atoms with Crippen molar-refractivity contribution in [3.63, 3.8) is 0 Å². The lowest BCUT2D eigenvalue weighted by Gasteiger charge is -2.08. The molecule has 2 heterocycles. The van der Waals surface area contributed by atoms with Gasteiger partial charge in [-0.15, -0.1) is 11.8 Å². The quantitative estimate of drug-likeness (QED) is 0.671. The van der Waals surface area contributed by atoms with Crippen molar-refractivity contribution >= 4 is 23.5 Å². The molecule has 7 nitrogen and oxygen atoms in total. The van der Waals surface area contributed by atoms with Crippen LogP contribution < -0.4 is 10.1 Å². The molecule has 0 aliphatic rings. The molecule has 0 aliphatic carbocycles. The molecule has 0 saturated heterocycles. The van der Waals surface area contributed by atoms with Gasteiger partial charge in [-0.2, -0.15) is 0 Å². The topological polar surface area (TPSA) is 90.4 Å². The Morgan fingerprint density at radius 1 is 1.35 bits per heavy atom. The van der Waals surface area contributed by atoms with Gasteiger partial charge in [-0.1, -0.05) is 5.16 Å². The van der Waals surface area contributed by atoms with Crippen LogP contribution in [0, 0.1) is 6.92 Å². The third-order valence-electron chi connectivity index (χ3n) is 3.62. The molecule has 0 saturated carbocycles. The predicted molar refractivity (Wildman–Crippen MR) is 99.1 cm³/mol. The van der Waals surface area contributed by atoms with Crippen LogP contribution in [0.15, 0.2) is 45.5 Å². The Hall–Kier alpha value is -2.74. The second-order valence-corrected chi connectivity index (χ2v) is 6.97. The van der Waals surface area contributed by atoms with Gasteiger partial charge >= 0.3 is 0 Å². The average molecular weight is 373 g/mol. The lowest BCUT2D eigenvalue weighted by molar-refractivity contribution is -0.115. The number of hydrogen-bond acceptors (Lipinski definition) is 7. The number of benzene rings is 1. The number of amides is 1. The lowest BCUT2D eigenvalue weighted by atomic mass is 10.2. The first-order valence-corrected chi connectivity index (χ1v) is 9.04. The SMILES string of the molecule is COc1ccc(-c2nc(CS[C@@H](C)C(=O)Nc3cc(C)on3)co2)cc1. The molecule has 1 N–H and O–H groups in total. The second-order valence-electron chi connectivity index (χ2n) is 5.64. The molecule has 0 unspecified atom stereocenters. The Kier molecular flexibility index (Phi) is 5.62. The Labute approximate surface area is 155 Å². The summed E-state index contributed by atoms with van der Waals surface area (Å²) in [7, 11) is 1.62. The number of hydrogen-bond donors (Lipinski definition) is 1. The van der Waals surface area contributed by atoms with E-state index in [9.17, 15) is 4.79 Å². The summed E-state index contributed by atoms with van der Waals surface area (Å²) in [5.41, 5.74) is 1.65. The summed E-state index contributed by atoms with van der Waals surface area (Å²) in [5, 5.41) is 6.20. The van der Waals surface area contributed by atoms with Gasteiger partial charge in [0.25, 0.3) is 0 Å². The molecule has 0 aliphatic heterocycles. The number of rotatable bonds is 7. The summed E-state index contributed by atoms with van der Waals surface area (Å²) in [6.45, 7) is 3.60. The number of oxazole rings is 1. The standard InChI is InChI=1S/C18H19N3O4S/c1-11-8-16(21-25-11)20-17(22)12(2)26-10-14-9-24-18(19-14)13-4-6-15(23-3)7-5-13/h4-9,12H,10H2,1-3H3,(H,20,21,22)/t12-/m0/s1. The summed E-state index contributed by atoms with van der Waals surface area (Å²) < 4.78 is 15.6. The molecule has 26 heavy (non-hydrogen) atoms. The van der Waals surface area contributed by atoms with Crippen LogP contribution in [0.25, 0.3) is 11.5 Å².